The summed E-state index contributed by atoms with van der Waals surface area (Å²) in [7, 11) is 0. The molecule has 1 atom stereocenters. The fourth-order valence-electron chi connectivity index (χ4n) is 0.827. The van der Waals surface area contributed by atoms with E-state index in [1.807, 2.05) is 6.07 Å². The Morgan fingerprint density at radius 1 is 1.16 bits per heavy atom. The summed E-state index contributed by atoms with van der Waals surface area (Å²) in [6.45, 7) is 1.59. The Morgan fingerprint density at radius 2 is 1.63 bits per heavy atom. The van der Waals surface area contributed by atoms with E-state index in [2.05, 4.69) is 0 Å². The molecule has 1 aromatic rings. The maximum atomic E-state index is 11.0. The zero-order valence-corrected chi connectivity index (χ0v) is 10.3. The van der Waals surface area contributed by atoms with Crippen LogP contribution in [0.15, 0.2) is 30.3 Å². The molecule has 0 bridgehead atoms. The molecule has 0 fully saturated rings. The zero-order chi connectivity index (χ0) is 14.8. The number of carboxylic acid groups (broad SMARTS) is 2. The van der Waals surface area contributed by atoms with Crippen LogP contribution in [-0.2, 0) is 14.4 Å². The Balaban J connectivity index is 0.000000399. The van der Waals surface area contributed by atoms with Crippen molar-refractivity contribution in [3.63, 3.8) is 0 Å². The molecule has 7 nitrogen and oxygen atoms in total. The molecular formula is C12H15NO6. The van der Waals surface area contributed by atoms with Crippen molar-refractivity contribution in [2.45, 2.75) is 19.4 Å². The molecule has 0 saturated heterocycles. The van der Waals surface area contributed by atoms with Crippen molar-refractivity contribution in [3.8, 4) is 5.75 Å². The first-order chi connectivity index (χ1) is 8.82. The molecule has 19 heavy (non-hydrogen) atoms. The number of hydrogen-bond donors (Lipinski definition) is 3. The number of rotatable bonds is 4. The van der Waals surface area contributed by atoms with Crippen molar-refractivity contribution in [2.24, 2.45) is 5.73 Å². The Kier molecular flexibility index (Phi) is 7.55. The van der Waals surface area contributed by atoms with Crippen LogP contribution in [0.5, 0.6) is 5.75 Å². The number of ether oxygens (including phenoxy) is 1. The van der Waals surface area contributed by atoms with Crippen LogP contribution in [0.4, 0.5) is 0 Å². The van der Waals surface area contributed by atoms with Gasteiger partial charge in [-0.05, 0) is 19.1 Å². The SMILES string of the molecule is C[C@H](N)C(=O)Oc1ccccc1.O=C(O)CC(=O)O. The van der Waals surface area contributed by atoms with Crippen LogP contribution < -0.4 is 10.5 Å². The van der Waals surface area contributed by atoms with Gasteiger partial charge in [-0.3, -0.25) is 9.59 Å². The normalized spacial score (nSPS) is 10.6. The minimum Gasteiger partial charge on any atom is -0.481 e. The summed E-state index contributed by atoms with van der Waals surface area (Å²) in [6, 6.07) is 8.28. The van der Waals surface area contributed by atoms with Crippen LogP contribution in [-0.4, -0.2) is 34.2 Å². The number of carbonyl (C=O) groups excluding carboxylic acids is 1. The molecule has 0 aliphatic carbocycles. The van der Waals surface area contributed by atoms with Crippen LogP contribution in [0.1, 0.15) is 13.3 Å². The summed E-state index contributed by atoms with van der Waals surface area (Å²) in [4.78, 5) is 29.8. The molecule has 0 radical (unpaired) electrons. The first-order valence-corrected chi connectivity index (χ1v) is 5.28. The third-order valence-corrected chi connectivity index (χ3v) is 1.64. The molecular weight excluding hydrogens is 254 g/mol. The third kappa shape index (κ3) is 9.31. The van der Waals surface area contributed by atoms with Crippen molar-refractivity contribution in [1.82, 2.24) is 0 Å². The first-order valence-electron chi connectivity index (χ1n) is 5.28. The average molecular weight is 269 g/mol. The topological polar surface area (TPSA) is 127 Å². The van der Waals surface area contributed by atoms with Crippen molar-refractivity contribution in [2.75, 3.05) is 0 Å². The third-order valence-electron chi connectivity index (χ3n) is 1.64. The smallest absolute Gasteiger partial charge is 0.328 e. The molecule has 104 valence electrons. The maximum Gasteiger partial charge on any atom is 0.328 e. The number of aliphatic carboxylic acids is 2. The van der Waals surface area contributed by atoms with Crippen molar-refractivity contribution < 1.29 is 29.3 Å². The van der Waals surface area contributed by atoms with E-state index in [0.717, 1.165) is 0 Å². The fourth-order valence-corrected chi connectivity index (χ4v) is 0.827. The highest BCUT2D eigenvalue weighted by Crippen LogP contribution is 2.08. The van der Waals surface area contributed by atoms with E-state index in [-0.39, 0.29) is 0 Å². The molecule has 1 aromatic carbocycles. The van der Waals surface area contributed by atoms with Crippen LogP contribution in [0.3, 0.4) is 0 Å². The van der Waals surface area contributed by atoms with Gasteiger partial charge in [0.15, 0.2) is 0 Å². The number of benzene rings is 1. The Hall–Kier alpha value is -2.41. The molecule has 0 saturated carbocycles. The van der Waals surface area contributed by atoms with Gasteiger partial charge in [0.2, 0.25) is 0 Å². The van der Waals surface area contributed by atoms with Crippen LogP contribution >= 0.6 is 0 Å². The largest absolute Gasteiger partial charge is 0.481 e. The summed E-state index contributed by atoms with van der Waals surface area (Å²) < 4.78 is 4.91. The van der Waals surface area contributed by atoms with Crippen LogP contribution in [0.2, 0.25) is 0 Å². The predicted octanol–water partition coefficient (Wildman–Crippen LogP) is 0.485. The van der Waals surface area contributed by atoms with E-state index < -0.39 is 30.4 Å². The van der Waals surface area contributed by atoms with Gasteiger partial charge >= 0.3 is 17.9 Å². The van der Waals surface area contributed by atoms with Crippen molar-refractivity contribution in [1.29, 1.82) is 0 Å². The summed E-state index contributed by atoms with van der Waals surface area (Å²) in [5.41, 5.74) is 5.31. The lowest BCUT2D eigenvalue weighted by atomic mass is 10.3. The summed E-state index contributed by atoms with van der Waals surface area (Å²) in [6.07, 6.45) is -0.806. The molecule has 4 N–H and O–H groups in total. The Morgan fingerprint density at radius 3 is 1.95 bits per heavy atom. The zero-order valence-electron chi connectivity index (χ0n) is 10.3. The number of carbonyl (C=O) groups is 3. The van der Waals surface area contributed by atoms with Gasteiger partial charge < -0.3 is 20.7 Å². The minimum absolute atomic E-state index is 0.416. The highest BCUT2D eigenvalue weighted by atomic mass is 16.5. The van der Waals surface area contributed by atoms with Gasteiger partial charge in [-0.25, -0.2) is 4.79 Å². The van der Waals surface area contributed by atoms with E-state index in [4.69, 9.17) is 20.7 Å². The highest BCUT2D eigenvalue weighted by molar-refractivity contribution is 5.88. The van der Waals surface area contributed by atoms with E-state index in [0.29, 0.717) is 5.75 Å². The molecule has 0 aromatic heterocycles. The number of esters is 1. The molecule has 7 heteroatoms. The number of hydrogen-bond acceptors (Lipinski definition) is 5. The second-order valence-electron chi connectivity index (χ2n) is 3.49. The Bertz CT molecular complexity index is 417. The van der Waals surface area contributed by atoms with E-state index in [9.17, 15) is 14.4 Å². The standard InChI is InChI=1S/C9H11NO2.C3H4O4/c1-7(10)9(11)12-8-5-3-2-4-6-8;4-2(5)1-3(6)7/h2-7H,10H2,1H3;1H2,(H,4,5)(H,6,7)/t7-;/m0./s1. The number of para-hydroxylation sites is 1. The molecule has 0 aliphatic heterocycles. The lowest BCUT2D eigenvalue weighted by Gasteiger charge is -2.05. The van der Waals surface area contributed by atoms with Gasteiger partial charge in [-0.15, -0.1) is 0 Å². The molecule has 0 heterocycles. The summed E-state index contributed by atoms with van der Waals surface area (Å²) >= 11 is 0. The predicted molar refractivity (Wildman–Crippen MR) is 65.6 cm³/mol. The van der Waals surface area contributed by atoms with E-state index in [1.54, 1.807) is 31.2 Å². The molecule has 0 spiro atoms. The fraction of sp³-hybridized carbons (Fsp3) is 0.250. The van der Waals surface area contributed by atoms with Crippen LogP contribution in [0, 0.1) is 0 Å². The molecule has 0 aliphatic rings. The van der Waals surface area contributed by atoms with Gasteiger partial charge in [0.05, 0.1) is 0 Å². The number of carboxylic acids is 2. The van der Waals surface area contributed by atoms with E-state index in [1.165, 1.54) is 0 Å². The molecule has 1 rings (SSSR count). The molecule has 0 amide bonds. The Labute approximate surface area is 109 Å². The summed E-state index contributed by atoms with van der Waals surface area (Å²) in [5, 5.41) is 15.4. The van der Waals surface area contributed by atoms with Gasteiger partial charge in [-0.2, -0.15) is 0 Å². The van der Waals surface area contributed by atoms with Crippen LogP contribution in [0.25, 0.3) is 0 Å². The quantitative estimate of drug-likeness (QED) is 0.412. The number of nitrogens with two attached hydrogens (primary N) is 1. The minimum atomic E-state index is -1.31. The summed E-state index contributed by atoms with van der Waals surface area (Å²) in [5.74, 6) is -2.51. The van der Waals surface area contributed by atoms with Gasteiger partial charge in [0.1, 0.15) is 18.2 Å². The lowest BCUT2D eigenvalue weighted by molar-refractivity contribution is -0.147. The highest BCUT2D eigenvalue weighted by Gasteiger charge is 2.08. The lowest BCUT2D eigenvalue weighted by Crippen LogP contribution is -2.30. The van der Waals surface area contributed by atoms with Gasteiger partial charge in [0, 0.05) is 0 Å². The maximum absolute atomic E-state index is 11.0. The van der Waals surface area contributed by atoms with Crippen molar-refractivity contribution >= 4 is 17.9 Å². The molecule has 0 unspecified atom stereocenters. The average Bonchev–Trinajstić information content (AvgIpc) is 2.29. The van der Waals surface area contributed by atoms with Gasteiger partial charge in [0.25, 0.3) is 0 Å². The van der Waals surface area contributed by atoms with Crippen molar-refractivity contribution in [3.05, 3.63) is 30.3 Å². The van der Waals surface area contributed by atoms with E-state index >= 15 is 0 Å². The van der Waals surface area contributed by atoms with Gasteiger partial charge in [-0.1, -0.05) is 18.2 Å². The monoisotopic (exact) mass is 269 g/mol. The first kappa shape index (κ1) is 16.6. The second-order valence-corrected chi connectivity index (χ2v) is 3.49. The second kappa shape index (κ2) is 8.65.